The monoisotopic (exact) mass is 240 g/mol. The highest BCUT2D eigenvalue weighted by atomic mass is 18.2. The molecule has 0 fully saturated rings. The van der Waals surface area contributed by atoms with Crippen molar-refractivity contribution in [1.82, 2.24) is 4.90 Å². The van der Waals surface area contributed by atoms with Gasteiger partial charge in [-0.05, 0) is 39.1 Å². The second kappa shape index (κ2) is 5.87. The Morgan fingerprint density at radius 1 is 1.18 bits per heavy atom. The molecule has 0 heterocycles. The average Bonchev–Trinajstić information content (AvgIpc) is 2.29. The van der Waals surface area contributed by atoms with Gasteiger partial charge in [0.2, 0.25) is 0 Å². The first-order valence-corrected chi connectivity index (χ1v) is 5.56. The fraction of sp³-hybridized carbons (Fsp3) is 0.538. The molecular formula is C13H20FNO2. The third-order valence-electron chi connectivity index (χ3n) is 2.95. The lowest BCUT2D eigenvalue weighted by molar-refractivity contribution is 0.307. The van der Waals surface area contributed by atoms with Gasteiger partial charge < -0.3 is 14.4 Å². The van der Waals surface area contributed by atoms with Crippen molar-refractivity contribution in [3.05, 3.63) is 23.5 Å². The summed E-state index contributed by atoms with van der Waals surface area (Å²) >= 11 is 0. The van der Waals surface area contributed by atoms with Crippen molar-refractivity contribution in [1.29, 1.82) is 0 Å². The van der Waals surface area contributed by atoms with E-state index in [9.17, 15) is 4.39 Å². The molecule has 1 unspecified atom stereocenters. The predicted molar refractivity (Wildman–Crippen MR) is 66.4 cm³/mol. The Morgan fingerprint density at radius 2 is 1.76 bits per heavy atom. The number of halogens is 1. The molecule has 0 spiro atoms. The van der Waals surface area contributed by atoms with Crippen molar-refractivity contribution in [3.8, 4) is 11.5 Å². The van der Waals surface area contributed by atoms with E-state index in [1.54, 1.807) is 13.2 Å². The second-order valence-electron chi connectivity index (χ2n) is 4.32. The summed E-state index contributed by atoms with van der Waals surface area (Å²) in [5, 5.41) is 0. The molecule has 0 amide bonds. The van der Waals surface area contributed by atoms with Gasteiger partial charge in [-0.15, -0.1) is 0 Å². The zero-order valence-corrected chi connectivity index (χ0v) is 11.1. The van der Waals surface area contributed by atoms with Crippen LogP contribution < -0.4 is 9.47 Å². The molecule has 0 aliphatic carbocycles. The van der Waals surface area contributed by atoms with Crippen LogP contribution in [0.1, 0.15) is 12.5 Å². The maximum absolute atomic E-state index is 13.6. The summed E-state index contributed by atoms with van der Waals surface area (Å²) < 4.78 is 23.8. The van der Waals surface area contributed by atoms with Crippen molar-refractivity contribution in [2.24, 2.45) is 0 Å². The Morgan fingerprint density at radius 3 is 2.24 bits per heavy atom. The van der Waals surface area contributed by atoms with E-state index < -0.39 is 0 Å². The van der Waals surface area contributed by atoms with Crippen LogP contribution in [0.3, 0.4) is 0 Å². The van der Waals surface area contributed by atoms with Gasteiger partial charge in [0, 0.05) is 12.1 Å². The molecule has 1 rings (SSSR count). The molecule has 0 radical (unpaired) electrons. The summed E-state index contributed by atoms with van der Waals surface area (Å²) in [4.78, 5) is 2.08. The van der Waals surface area contributed by atoms with E-state index in [1.165, 1.54) is 13.2 Å². The van der Waals surface area contributed by atoms with E-state index in [0.29, 0.717) is 11.8 Å². The fourth-order valence-corrected chi connectivity index (χ4v) is 1.58. The number of rotatable bonds is 5. The molecule has 17 heavy (non-hydrogen) atoms. The number of methoxy groups -OCH3 is 2. The normalized spacial score (nSPS) is 12.6. The number of hydrogen-bond acceptors (Lipinski definition) is 3. The minimum atomic E-state index is -0.353. The first-order valence-electron chi connectivity index (χ1n) is 5.56. The Labute approximate surface area is 102 Å². The lowest BCUT2D eigenvalue weighted by atomic mass is 10.0. The molecule has 96 valence electrons. The van der Waals surface area contributed by atoms with E-state index in [-0.39, 0.29) is 11.6 Å². The van der Waals surface area contributed by atoms with Crippen LogP contribution >= 0.6 is 0 Å². The van der Waals surface area contributed by atoms with Crippen molar-refractivity contribution in [2.45, 2.75) is 19.4 Å². The number of benzene rings is 1. The molecule has 0 saturated heterocycles. The van der Waals surface area contributed by atoms with Crippen LogP contribution in [-0.2, 0) is 6.42 Å². The minimum absolute atomic E-state index is 0.211. The Kier molecular flexibility index (Phi) is 4.75. The second-order valence-corrected chi connectivity index (χ2v) is 4.32. The van der Waals surface area contributed by atoms with E-state index in [4.69, 9.17) is 9.47 Å². The van der Waals surface area contributed by atoms with Crippen molar-refractivity contribution in [2.75, 3.05) is 28.3 Å². The fourth-order valence-electron chi connectivity index (χ4n) is 1.58. The van der Waals surface area contributed by atoms with E-state index in [1.807, 2.05) is 14.1 Å². The Balaban J connectivity index is 3.02. The maximum atomic E-state index is 13.6. The molecule has 0 bridgehead atoms. The quantitative estimate of drug-likeness (QED) is 0.788. The van der Waals surface area contributed by atoms with Gasteiger partial charge in [0.05, 0.1) is 14.2 Å². The van der Waals surface area contributed by atoms with Crippen molar-refractivity contribution < 1.29 is 13.9 Å². The van der Waals surface area contributed by atoms with Crippen LogP contribution in [0.4, 0.5) is 4.39 Å². The lowest BCUT2D eigenvalue weighted by Gasteiger charge is -2.21. The first kappa shape index (κ1) is 13.8. The molecular weight excluding hydrogens is 220 g/mol. The summed E-state index contributed by atoms with van der Waals surface area (Å²) in [7, 11) is 7.02. The number of hydrogen-bond donors (Lipinski definition) is 0. The van der Waals surface area contributed by atoms with Gasteiger partial charge in [0.25, 0.3) is 0 Å². The van der Waals surface area contributed by atoms with Crippen LogP contribution in [0.25, 0.3) is 0 Å². The van der Waals surface area contributed by atoms with Gasteiger partial charge in [-0.25, -0.2) is 4.39 Å². The van der Waals surface area contributed by atoms with Gasteiger partial charge >= 0.3 is 0 Å². The summed E-state index contributed by atoms with van der Waals surface area (Å²) in [6.45, 7) is 2.08. The third kappa shape index (κ3) is 3.33. The zero-order chi connectivity index (χ0) is 13.0. The summed E-state index contributed by atoms with van der Waals surface area (Å²) in [6, 6.07) is 3.39. The van der Waals surface area contributed by atoms with E-state index in [2.05, 4.69) is 11.8 Å². The summed E-state index contributed by atoms with van der Waals surface area (Å²) in [5.41, 5.74) is 0.854. The molecule has 1 aromatic carbocycles. The van der Waals surface area contributed by atoms with E-state index in [0.717, 1.165) is 12.0 Å². The molecule has 0 N–H and O–H groups in total. The SMILES string of the molecule is COc1cc(OC)c(CC(C)N(C)C)cc1[18F]. The molecule has 1 aromatic rings. The number of likely N-dealkylation sites (N-methyl/N-ethyl adjacent to an activating group) is 1. The molecule has 0 aromatic heterocycles. The standard InChI is InChI=1S/C13H20FNO2/c1-9(15(2)3)6-10-7-11(14)13(17-5)8-12(10)16-4/h7-9H,6H2,1-5H3/i14-1. The smallest absolute Gasteiger partial charge is 0.165 e. The first-order chi connectivity index (χ1) is 7.99. The largest absolute Gasteiger partial charge is 0.496 e. The molecule has 4 heteroatoms. The van der Waals surface area contributed by atoms with Crippen LogP contribution in [-0.4, -0.2) is 39.3 Å². The van der Waals surface area contributed by atoms with Crippen LogP contribution in [0.5, 0.6) is 11.5 Å². The van der Waals surface area contributed by atoms with Crippen molar-refractivity contribution in [3.63, 3.8) is 0 Å². The minimum Gasteiger partial charge on any atom is -0.496 e. The van der Waals surface area contributed by atoms with Crippen LogP contribution in [0.15, 0.2) is 12.1 Å². The zero-order valence-electron chi connectivity index (χ0n) is 11.1. The molecule has 0 saturated carbocycles. The number of ether oxygens (including phenoxy) is 2. The van der Waals surface area contributed by atoms with Crippen molar-refractivity contribution >= 4 is 0 Å². The van der Waals surface area contributed by atoms with Gasteiger partial charge in [0.15, 0.2) is 11.6 Å². The Bertz CT molecular complexity index is 380. The van der Waals surface area contributed by atoms with Crippen LogP contribution in [0, 0.1) is 5.82 Å². The highest BCUT2D eigenvalue weighted by molar-refractivity contribution is 5.42. The predicted octanol–water partition coefficient (Wildman–Crippen LogP) is 2.34. The van der Waals surface area contributed by atoms with Crippen LogP contribution in [0.2, 0.25) is 0 Å². The van der Waals surface area contributed by atoms with Gasteiger partial charge in [0.1, 0.15) is 5.75 Å². The van der Waals surface area contributed by atoms with Gasteiger partial charge in [-0.1, -0.05) is 0 Å². The van der Waals surface area contributed by atoms with Gasteiger partial charge in [-0.3, -0.25) is 0 Å². The third-order valence-corrected chi connectivity index (χ3v) is 2.95. The molecule has 0 aliphatic rings. The highest BCUT2D eigenvalue weighted by Gasteiger charge is 2.14. The Hall–Kier alpha value is -1.29. The molecule has 1 atom stereocenters. The molecule has 3 nitrogen and oxygen atoms in total. The lowest BCUT2D eigenvalue weighted by Crippen LogP contribution is -2.26. The topological polar surface area (TPSA) is 21.7 Å². The highest BCUT2D eigenvalue weighted by Crippen LogP contribution is 2.29. The van der Waals surface area contributed by atoms with E-state index >= 15 is 0 Å². The van der Waals surface area contributed by atoms with Gasteiger partial charge in [-0.2, -0.15) is 0 Å². The summed E-state index contributed by atoms with van der Waals surface area (Å²) in [5.74, 6) is 0.523. The summed E-state index contributed by atoms with van der Waals surface area (Å²) in [6.07, 6.45) is 0.733. The molecule has 0 aliphatic heterocycles. The number of nitrogens with zero attached hydrogens (tertiary/aromatic N) is 1. The average molecular weight is 240 g/mol. The maximum Gasteiger partial charge on any atom is 0.165 e.